The van der Waals surface area contributed by atoms with E-state index in [2.05, 4.69) is 10.6 Å². The van der Waals surface area contributed by atoms with Gasteiger partial charge in [0.1, 0.15) is 5.75 Å². The van der Waals surface area contributed by atoms with Crippen LogP contribution in [0.1, 0.15) is 23.2 Å². The summed E-state index contributed by atoms with van der Waals surface area (Å²) in [7, 11) is 1.54. The van der Waals surface area contributed by atoms with Gasteiger partial charge in [0.05, 0.1) is 12.8 Å². The number of piperidine rings is 1. The molecule has 0 unspecified atom stereocenters. The van der Waals surface area contributed by atoms with Crippen LogP contribution in [0.3, 0.4) is 0 Å². The molecule has 19 heavy (non-hydrogen) atoms. The van der Waals surface area contributed by atoms with Crippen LogP contribution in [0.25, 0.3) is 0 Å². The van der Waals surface area contributed by atoms with Crippen LogP contribution in [0.15, 0.2) is 18.2 Å². The second-order valence-corrected chi connectivity index (χ2v) is 4.86. The number of nitrogens with one attached hydrogen (secondary N) is 2. The maximum atomic E-state index is 12.0. The lowest BCUT2D eigenvalue weighted by Crippen LogP contribution is -2.35. The second-order valence-electron chi connectivity index (χ2n) is 4.86. The van der Waals surface area contributed by atoms with Crippen molar-refractivity contribution in [3.05, 3.63) is 23.8 Å². The van der Waals surface area contributed by atoms with Gasteiger partial charge in [-0.2, -0.15) is 0 Å². The molecule has 1 amide bonds. The van der Waals surface area contributed by atoms with Gasteiger partial charge in [-0.25, -0.2) is 0 Å². The number of carbonyl (C=O) groups is 1. The number of ether oxygens (including phenoxy) is 1. The number of nitrogens with two attached hydrogens (primary N) is 1. The number of nitrogen functional groups attached to an aromatic ring is 1. The largest absolute Gasteiger partial charge is 0.495 e. The first kappa shape index (κ1) is 13.7. The van der Waals surface area contributed by atoms with E-state index in [9.17, 15) is 4.79 Å². The van der Waals surface area contributed by atoms with Gasteiger partial charge in [-0.15, -0.1) is 0 Å². The van der Waals surface area contributed by atoms with Crippen LogP contribution >= 0.6 is 0 Å². The van der Waals surface area contributed by atoms with E-state index in [1.165, 1.54) is 0 Å². The predicted octanol–water partition coefficient (Wildman–Crippen LogP) is 1.01. The van der Waals surface area contributed by atoms with Gasteiger partial charge in [0.25, 0.3) is 5.91 Å². The van der Waals surface area contributed by atoms with E-state index < -0.39 is 0 Å². The summed E-state index contributed by atoms with van der Waals surface area (Å²) in [5.74, 6) is 1.03. The molecule has 0 saturated carbocycles. The molecule has 4 N–H and O–H groups in total. The van der Waals surface area contributed by atoms with Crippen LogP contribution < -0.4 is 21.1 Å². The molecule has 0 bridgehead atoms. The third-order valence-electron chi connectivity index (χ3n) is 3.51. The van der Waals surface area contributed by atoms with Gasteiger partial charge in [0, 0.05) is 12.1 Å². The summed E-state index contributed by atoms with van der Waals surface area (Å²) in [5, 5.41) is 6.29. The Morgan fingerprint density at radius 2 is 2.21 bits per heavy atom. The van der Waals surface area contributed by atoms with Gasteiger partial charge < -0.3 is 21.1 Å². The number of anilines is 1. The number of amides is 1. The van der Waals surface area contributed by atoms with Crippen LogP contribution in [0.5, 0.6) is 5.75 Å². The zero-order valence-corrected chi connectivity index (χ0v) is 11.2. The SMILES string of the molecule is COc1cc(C(=O)NCC2CCNCC2)ccc1N. The topological polar surface area (TPSA) is 76.4 Å². The maximum Gasteiger partial charge on any atom is 0.251 e. The fraction of sp³-hybridized carbons (Fsp3) is 0.500. The van der Waals surface area contributed by atoms with Crippen molar-refractivity contribution in [2.45, 2.75) is 12.8 Å². The van der Waals surface area contributed by atoms with Crippen LogP contribution in [-0.2, 0) is 0 Å². The summed E-state index contributed by atoms with van der Waals surface area (Å²) in [4.78, 5) is 12.0. The average molecular weight is 263 g/mol. The first-order chi connectivity index (χ1) is 9.20. The molecule has 1 aromatic carbocycles. The Hall–Kier alpha value is -1.75. The molecule has 0 atom stereocenters. The molecule has 2 rings (SSSR count). The summed E-state index contributed by atoms with van der Waals surface area (Å²) in [5.41, 5.74) is 6.85. The molecule has 1 aliphatic rings. The number of methoxy groups -OCH3 is 1. The van der Waals surface area contributed by atoms with Crippen molar-refractivity contribution >= 4 is 11.6 Å². The Morgan fingerprint density at radius 3 is 2.89 bits per heavy atom. The number of rotatable bonds is 4. The van der Waals surface area contributed by atoms with E-state index >= 15 is 0 Å². The lowest BCUT2D eigenvalue weighted by Gasteiger charge is -2.22. The van der Waals surface area contributed by atoms with Crippen LogP contribution in [0, 0.1) is 5.92 Å². The Balaban J connectivity index is 1.92. The molecule has 1 aliphatic heterocycles. The lowest BCUT2D eigenvalue weighted by atomic mass is 9.98. The number of carbonyl (C=O) groups excluding carboxylic acids is 1. The molecular weight excluding hydrogens is 242 g/mol. The lowest BCUT2D eigenvalue weighted by molar-refractivity contribution is 0.0944. The average Bonchev–Trinajstić information content (AvgIpc) is 2.46. The van der Waals surface area contributed by atoms with E-state index in [1.807, 2.05) is 0 Å². The molecule has 0 aliphatic carbocycles. The molecular formula is C14H21N3O2. The Bertz CT molecular complexity index is 442. The molecule has 1 fully saturated rings. The highest BCUT2D eigenvalue weighted by Crippen LogP contribution is 2.22. The summed E-state index contributed by atoms with van der Waals surface area (Å²) in [6.07, 6.45) is 2.23. The van der Waals surface area contributed by atoms with Gasteiger partial charge in [0.2, 0.25) is 0 Å². The minimum absolute atomic E-state index is 0.0724. The fourth-order valence-electron chi connectivity index (χ4n) is 2.28. The van der Waals surface area contributed by atoms with Gasteiger partial charge in [-0.1, -0.05) is 0 Å². The Labute approximate surface area is 113 Å². The number of hydrogen-bond acceptors (Lipinski definition) is 4. The summed E-state index contributed by atoms with van der Waals surface area (Å²) in [6, 6.07) is 5.08. The molecule has 1 saturated heterocycles. The fourth-order valence-corrected chi connectivity index (χ4v) is 2.28. The van der Waals surface area contributed by atoms with Crippen LogP contribution in [0.4, 0.5) is 5.69 Å². The molecule has 1 heterocycles. The molecule has 5 heteroatoms. The van der Waals surface area contributed by atoms with Crippen molar-refractivity contribution in [3.8, 4) is 5.75 Å². The van der Waals surface area contributed by atoms with Crippen molar-refractivity contribution in [1.82, 2.24) is 10.6 Å². The minimum atomic E-state index is -0.0724. The van der Waals surface area contributed by atoms with Gasteiger partial charge in [-0.3, -0.25) is 4.79 Å². The molecule has 0 spiro atoms. The third-order valence-corrected chi connectivity index (χ3v) is 3.51. The highest BCUT2D eigenvalue weighted by Gasteiger charge is 2.15. The van der Waals surface area contributed by atoms with E-state index in [4.69, 9.17) is 10.5 Å². The molecule has 1 aromatic rings. The van der Waals surface area contributed by atoms with Crippen molar-refractivity contribution in [2.75, 3.05) is 32.5 Å². The Kier molecular flexibility index (Phi) is 4.63. The van der Waals surface area contributed by atoms with Gasteiger partial charge in [0.15, 0.2) is 0 Å². The van der Waals surface area contributed by atoms with E-state index in [1.54, 1.807) is 25.3 Å². The first-order valence-electron chi connectivity index (χ1n) is 6.63. The first-order valence-corrected chi connectivity index (χ1v) is 6.63. The monoisotopic (exact) mass is 263 g/mol. The molecule has 0 aromatic heterocycles. The van der Waals surface area contributed by atoms with Crippen LogP contribution in [0.2, 0.25) is 0 Å². The minimum Gasteiger partial charge on any atom is -0.495 e. The normalized spacial score (nSPS) is 16.1. The third kappa shape index (κ3) is 3.61. The van der Waals surface area contributed by atoms with E-state index in [0.29, 0.717) is 22.9 Å². The van der Waals surface area contributed by atoms with E-state index in [0.717, 1.165) is 32.5 Å². The quantitative estimate of drug-likeness (QED) is 0.709. The van der Waals surface area contributed by atoms with Crippen molar-refractivity contribution < 1.29 is 9.53 Å². The van der Waals surface area contributed by atoms with Gasteiger partial charge >= 0.3 is 0 Å². The predicted molar refractivity (Wildman–Crippen MR) is 75.3 cm³/mol. The molecule has 5 nitrogen and oxygen atoms in total. The maximum absolute atomic E-state index is 12.0. The summed E-state index contributed by atoms with van der Waals surface area (Å²) in [6.45, 7) is 2.81. The van der Waals surface area contributed by atoms with Crippen molar-refractivity contribution in [3.63, 3.8) is 0 Å². The van der Waals surface area contributed by atoms with E-state index in [-0.39, 0.29) is 5.91 Å². The Morgan fingerprint density at radius 1 is 1.47 bits per heavy atom. The zero-order chi connectivity index (χ0) is 13.7. The highest BCUT2D eigenvalue weighted by molar-refractivity contribution is 5.95. The van der Waals surface area contributed by atoms with Crippen molar-refractivity contribution in [1.29, 1.82) is 0 Å². The summed E-state index contributed by atoms with van der Waals surface area (Å²) >= 11 is 0. The second kappa shape index (κ2) is 6.43. The molecule has 104 valence electrons. The van der Waals surface area contributed by atoms with Gasteiger partial charge in [-0.05, 0) is 50.0 Å². The summed E-state index contributed by atoms with van der Waals surface area (Å²) < 4.78 is 5.12. The number of benzene rings is 1. The zero-order valence-electron chi connectivity index (χ0n) is 11.2. The highest BCUT2D eigenvalue weighted by atomic mass is 16.5. The smallest absolute Gasteiger partial charge is 0.251 e. The standard InChI is InChI=1S/C14H21N3O2/c1-19-13-8-11(2-3-12(13)15)14(18)17-9-10-4-6-16-7-5-10/h2-3,8,10,16H,4-7,9,15H2,1H3,(H,17,18). The van der Waals surface area contributed by atoms with Crippen LogP contribution in [-0.4, -0.2) is 32.7 Å². The van der Waals surface area contributed by atoms with Crippen molar-refractivity contribution in [2.24, 2.45) is 5.92 Å². The number of hydrogen-bond donors (Lipinski definition) is 3. The molecule has 0 radical (unpaired) electrons.